The Morgan fingerprint density at radius 2 is 1.62 bits per heavy atom. The molecule has 0 atom stereocenters. The summed E-state index contributed by atoms with van der Waals surface area (Å²) in [7, 11) is 4.77. The van der Waals surface area contributed by atoms with Gasteiger partial charge in [0, 0.05) is 24.9 Å². The lowest BCUT2D eigenvalue weighted by Crippen LogP contribution is -2.30. The van der Waals surface area contributed by atoms with Gasteiger partial charge in [-0.3, -0.25) is 9.59 Å². The molecule has 0 aromatic heterocycles. The van der Waals surface area contributed by atoms with Gasteiger partial charge in [-0.25, -0.2) is 4.99 Å². The van der Waals surface area contributed by atoms with Crippen LogP contribution in [0.4, 0.5) is 11.4 Å². The van der Waals surface area contributed by atoms with E-state index in [0.717, 1.165) is 5.56 Å². The fourth-order valence-electron chi connectivity index (χ4n) is 2.94. The summed E-state index contributed by atoms with van der Waals surface area (Å²) in [5.74, 6) is 6.53. The van der Waals surface area contributed by atoms with Crippen LogP contribution < -0.4 is 25.4 Å². The molecule has 0 fully saturated rings. The van der Waals surface area contributed by atoms with Crippen molar-refractivity contribution >= 4 is 35.0 Å². The quantitative estimate of drug-likeness (QED) is 0.196. The highest BCUT2D eigenvalue weighted by Gasteiger charge is 2.20. The van der Waals surface area contributed by atoms with Crippen molar-refractivity contribution in [3.05, 3.63) is 42.0 Å². The van der Waals surface area contributed by atoms with Crippen molar-refractivity contribution in [3.8, 4) is 17.2 Å². The molecule has 3 N–H and O–H groups in total. The van der Waals surface area contributed by atoms with Gasteiger partial charge >= 0.3 is 0 Å². The molecule has 0 aliphatic carbocycles. The molecule has 0 unspecified atom stereocenters. The molecule has 214 valence electrons. The number of rotatable bonds is 9. The zero-order valence-corrected chi connectivity index (χ0v) is 24.7. The highest BCUT2D eigenvalue weighted by atomic mass is 16.5. The second-order valence-corrected chi connectivity index (χ2v) is 10.5. The van der Waals surface area contributed by atoms with Crippen molar-refractivity contribution in [1.29, 1.82) is 0 Å². The Morgan fingerprint density at radius 1 is 0.974 bits per heavy atom. The first-order valence-electron chi connectivity index (χ1n) is 12.3. The number of hydrazone groups is 1. The number of nitrogens with zero attached hydrogens (tertiary/aromatic N) is 2. The van der Waals surface area contributed by atoms with E-state index in [9.17, 15) is 9.59 Å². The van der Waals surface area contributed by atoms with Crippen LogP contribution in [0.3, 0.4) is 0 Å². The van der Waals surface area contributed by atoms with Crippen LogP contribution in [0, 0.1) is 0 Å². The molecule has 2 aromatic rings. The van der Waals surface area contributed by atoms with Crippen LogP contribution in [-0.4, -0.2) is 57.2 Å². The summed E-state index contributed by atoms with van der Waals surface area (Å²) in [6.45, 7) is 13.7. The minimum atomic E-state index is -0.548. The minimum Gasteiger partial charge on any atom is -0.497 e. The maximum atomic E-state index is 13.0. The normalized spacial score (nSPS) is 12.2. The van der Waals surface area contributed by atoms with Gasteiger partial charge in [0.2, 0.25) is 0 Å². The van der Waals surface area contributed by atoms with E-state index in [-0.39, 0.29) is 29.0 Å². The van der Waals surface area contributed by atoms with Crippen LogP contribution in [0.25, 0.3) is 0 Å². The van der Waals surface area contributed by atoms with E-state index in [0.29, 0.717) is 34.9 Å². The van der Waals surface area contributed by atoms with Crippen molar-refractivity contribution in [1.82, 2.24) is 0 Å². The van der Waals surface area contributed by atoms with Crippen LogP contribution in [0.2, 0.25) is 0 Å². The molecule has 0 heterocycles. The van der Waals surface area contributed by atoms with Gasteiger partial charge in [0.25, 0.3) is 5.91 Å². The number of aliphatic imine (C=N–C) groups is 1. The number of anilines is 1. The molecule has 0 saturated heterocycles. The summed E-state index contributed by atoms with van der Waals surface area (Å²) in [4.78, 5) is 28.2. The third kappa shape index (κ3) is 11.2. The third-order valence-corrected chi connectivity index (χ3v) is 5.32. The van der Waals surface area contributed by atoms with E-state index < -0.39 is 5.91 Å². The first-order valence-corrected chi connectivity index (χ1v) is 12.3. The van der Waals surface area contributed by atoms with E-state index >= 15 is 0 Å². The summed E-state index contributed by atoms with van der Waals surface area (Å²) in [5, 5.41) is 6.43. The standard InChI is InChI=1S/C24H30N4O5.C5H12O/c1-15(26-20-14-18(31-5)7-8-21(20)32-6)22(28-25)23(30)27-17-11-16(24(2,3)4)12-19(13-17)33-10-9-29;1-5(2,3)6-4/h7-9,11-14H,10,25H2,1-6H3,(H,27,30);1-4H3/b26-15?,28-22+;. The largest absolute Gasteiger partial charge is 0.497 e. The number of nitrogens with one attached hydrogen (secondary N) is 1. The molecule has 0 aliphatic rings. The Morgan fingerprint density at radius 3 is 2.10 bits per heavy atom. The summed E-state index contributed by atoms with van der Waals surface area (Å²) in [6.07, 6.45) is 0.661. The predicted molar refractivity (Wildman–Crippen MR) is 156 cm³/mol. The van der Waals surface area contributed by atoms with Crippen LogP contribution in [0.5, 0.6) is 17.2 Å². The lowest BCUT2D eigenvalue weighted by molar-refractivity contribution is -0.110. The molecule has 10 nitrogen and oxygen atoms in total. The molecule has 2 aromatic carbocycles. The van der Waals surface area contributed by atoms with E-state index in [1.54, 1.807) is 45.4 Å². The SMILES string of the molecule is COC(C)(C)C.COc1ccc(OC)c(N=C(C)/C(=N\N)C(=O)Nc2cc(OCC=O)cc(C(C)(C)C)c2)c1. The average Bonchev–Trinajstić information content (AvgIpc) is 2.87. The first-order chi connectivity index (χ1) is 18.2. The number of carbonyl (C=O) groups excluding carboxylic acids is 2. The Bertz CT molecular complexity index is 1180. The van der Waals surface area contributed by atoms with Crippen LogP contribution in [-0.2, 0) is 19.7 Å². The van der Waals surface area contributed by atoms with Crippen molar-refractivity contribution in [2.24, 2.45) is 15.9 Å². The summed E-state index contributed by atoms with van der Waals surface area (Å²) in [5.41, 5.74) is 1.90. The second-order valence-electron chi connectivity index (χ2n) is 10.5. The zero-order valence-electron chi connectivity index (χ0n) is 24.7. The van der Waals surface area contributed by atoms with Crippen LogP contribution >= 0.6 is 0 Å². The number of nitrogens with two attached hydrogens (primary N) is 1. The van der Waals surface area contributed by atoms with E-state index in [1.165, 1.54) is 7.11 Å². The van der Waals surface area contributed by atoms with Gasteiger partial charge < -0.3 is 30.1 Å². The van der Waals surface area contributed by atoms with Gasteiger partial charge in [0.15, 0.2) is 12.0 Å². The predicted octanol–water partition coefficient (Wildman–Crippen LogP) is 5.06. The third-order valence-electron chi connectivity index (χ3n) is 5.32. The number of hydrogen-bond acceptors (Lipinski definition) is 9. The van der Waals surface area contributed by atoms with Crippen LogP contribution in [0.15, 0.2) is 46.5 Å². The highest BCUT2D eigenvalue weighted by molar-refractivity contribution is 6.68. The van der Waals surface area contributed by atoms with Gasteiger partial charge in [-0.05, 0) is 62.9 Å². The molecular formula is C29H42N4O6. The molecule has 0 aliphatic heterocycles. The average molecular weight is 543 g/mol. The Balaban J connectivity index is 0.00000113. The van der Waals surface area contributed by atoms with Crippen LogP contribution in [0.1, 0.15) is 54.0 Å². The van der Waals surface area contributed by atoms with Crippen molar-refractivity contribution in [2.75, 3.05) is 33.3 Å². The van der Waals surface area contributed by atoms with E-state index in [2.05, 4.69) is 15.4 Å². The van der Waals surface area contributed by atoms with Gasteiger partial charge in [-0.2, -0.15) is 5.10 Å². The van der Waals surface area contributed by atoms with E-state index in [4.69, 9.17) is 24.8 Å². The first kappa shape index (κ1) is 33.1. The molecule has 0 saturated carbocycles. The smallest absolute Gasteiger partial charge is 0.277 e. The van der Waals surface area contributed by atoms with Crippen molar-refractivity contribution in [2.45, 2.75) is 59.5 Å². The van der Waals surface area contributed by atoms with Crippen molar-refractivity contribution < 1.29 is 28.5 Å². The Hall–Kier alpha value is -3.92. The minimum absolute atomic E-state index is 0.0417. The molecule has 39 heavy (non-hydrogen) atoms. The number of benzene rings is 2. The Kier molecular flexibility index (Phi) is 12.6. The number of ether oxygens (including phenoxy) is 4. The van der Waals surface area contributed by atoms with E-state index in [1.807, 2.05) is 53.7 Å². The maximum absolute atomic E-state index is 13.0. The monoisotopic (exact) mass is 542 g/mol. The Labute approximate surface area is 231 Å². The highest BCUT2D eigenvalue weighted by Crippen LogP contribution is 2.32. The molecular weight excluding hydrogens is 500 g/mol. The van der Waals surface area contributed by atoms with Gasteiger partial charge in [0.1, 0.15) is 29.5 Å². The maximum Gasteiger partial charge on any atom is 0.277 e. The van der Waals surface area contributed by atoms with Gasteiger partial charge in [0.05, 0.1) is 25.5 Å². The van der Waals surface area contributed by atoms with Gasteiger partial charge in [-0.1, -0.05) is 20.8 Å². The number of hydrogen-bond donors (Lipinski definition) is 2. The molecule has 2 rings (SSSR count). The number of aldehydes is 1. The lowest BCUT2D eigenvalue weighted by Gasteiger charge is -2.21. The second kappa shape index (κ2) is 14.9. The summed E-state index contributed by atoms with van der Waals surface area (Å²) in [6, 6.07) is 10.4. The molecule has 0 bridgehead atoms. The fourth-order valence-corrected chi connectivity index (χ4v) is 2.94. The summed E-state index contributed by atoms with van der Waals surface area (Å²) >= 11 is 0. The zero-order chi connectivity index (χ0) is 29.8. The summed E-state index contributed by atoms with van der Waals surface area (Å²) < 4.78 is 21.0. The number of carbonyl (C=O) groups is 2. The lowest BCUT2D eigenvalue weighted by atomic mass is 9.86. The molecule has 0 radical (unpaired) electrons. The van der Waals surface area contributed by atoms with Gasteiger partial charge in [-0.15, -0.1) is 0 Å². The molecule has 10 heteroatoms. The molecule has 0 spiro atoms. The molecule has 1 amide bonds. The topological polar surface area (TPSA) is 134 Å². The number of methoxy groups -OCH3 is 3. The fraction of sp³-hybridized carbons (Fsp3) is 0.448. The van der Waals surface area contributed by atoms with Crippen molar-refractivity contribution in [3.63, 3.8) is 0 Å². The number of amides is 1.